The lowest BCUT2D eigenvalue weighted by Crippen LogP contribution is -2.13. The lowest BCUT2D eigenvalue weighted by atomic mass is 10.0. The van der Waals surface area contributed by atoms with Crippen LogP contribution in [0.25, 0.3) is 89.7 Å². The van der Waals surface area contributed by atoms with Crippen LogP contribution in [0.15, 0.2) is 54.6 Å². The number of H-pyrrole nitrogens is 1. The fraction of sp³-hybridized carbons (Fsp3) is 0.750. The van der Waals surface area contributed by atoms with Gasteiger partial charge in [0.25, 0.3) is 0 Å². The summed E-state index contributed by atoms with van der Waals surface area (Å²) in [7, 11) is 0. The number of hydrogen-bond acceptors (Lipinski definition) is 14. The van der Waals surface area contributed by atoms with E-state index in [-0.39, 0.29) is 0 Å². The molecule has 0 unspecified atom stereocenters. The van der Waals surface area contributed by atoms with Crippen molar-refractivity contribution in [1.82, 2.24) is 39.6 Å². The van der Waals surface area contributed by atoms with Gasteiger partial charge in [0.15, 0.2) is 57.6 Å². The summed E-state index contributed by atoms with van der Waals surface area (Å²) in [6.45, 7) is 22.3. The highest BCUT2D eigenvalue weighted by molar-refractivity contribution is 6.15. The average molecular weight is 1990 g/mol. The molecule has 16 heteroatoms. The Morgan fingerprint density at radius 3 is 0.722 bits per heavy atom. The SMILES string of the molecule is CCCCCCCCCCCCOc1cc2c(c(OCCCCCCCCCCCC)c1OCCCCCCCCCCCC)-c1nc-2nc2c3ccccc3c(nc3nc(nc4[nH]c(n1)c1c(OCCCCCCCCCCCC)c(OCCCCCCCCCCCC)c(OCCCCCCCCCCCC)c(OCCCCCCCCCCCC)c41)-c1ccccc1-3)n2OCCCCCCCCCCCC. The zero-order valence-electron chi connectivity index (χ0n) is 93.8. The predicted octanol–water partition coefficient (Wildman–Crippen LogP) is 40.8. The minimum Gasteiger partial charge on any atom is -0.490 e. The molecule has 7 aromatic rings. The Balaban J connectivity index is 1.35. The monoisotopic (exact) mass is 1990 g/mol. The molecule has 0 radical (unpaired) electrons. The van der Waals surface area contributed by atoms with Crippen molar-refractivity contribution >= 4 is 44.1 Å². The second-order valence-electron chi connectivity index (χ2n) is 43.1. The maximum absolute atomic E-state index is 7.76. The quantitative estimate of drug-likeness (QED) is 0.0357. The summed E-state index contributed by atoms with van der Waals surface area (Å²) in [4.78, 5) is 46.9. The lowest BCUT2D eigenvalue weighted by Gasteiger charge is -2.22. The maximum Gasteiger partial charge on any atom is 0.208 e. The van der Waals surface area contributed by atoms with Crippen LogP contribution in [-0.4, -0.2) is 92.5 Å². The molecule has 3 aromatic heterocycles. The van der Waals surface area contributed by atoms with Crippen molar-refractivity contribution in [3.63, 3.8) is 0 Å². The molecule has 0 fully saturated rings. The van der Waals surface area contributed by atoms with Crippen LogP contribution >= 0.6 is 0 Å². The Bertz CT molecular complexity index is 4610. The second-order valence-corrected chi connectivity index (χ2v) is 43.1. The molecule has 0 aliphatic carbocycles. The number of nitrogens with zero attached hydrogens (tertiary/aromatic N) is 7. The van der Waals surface area contributed by atoms with Gasteiger partial charge in [-0.15, -0.1) is 4.73 Å². The molecule has 2 aliphatic heterocycles. The Labute approximate surface area is 878 Å². The maximum atomic E-state index is 7.76. The fourth-order valence-corrected chi connectivity index (χ4v) is 21.1. The number of rotatable bonds is 96. The highest BCUT2D eigenvalue weighted by Gasteiger charge is 2.35. The fourth-order valence-electron chi connectivity index (χ4n) is 21.1. The molecular formula is C128H210N8O8. The van der Waals surface area contributed by atoms with Crippen molar-refractivity contribution in [3.8, 4) is 85.8 Å². The molecular weight excluding hydrogens is 1780 g/mol. The molecule has 16 nitrogen and oxygen atoms in total. The summed E-state index contributed by atoms with van der Waals surface area (Å²) in [5.74, 6) is 5.97. The lowest BCUT2D eigenvalue weighted by molar-refractivity contribution is 0.123. The Morgan fingerprint density at radius 2 is 0.424 bits per heavy atom. The van der Waals surface area contributed by atoms with E-state index in [0.717, 1.165) is 169 Å². The summed E-state index contributed by atoms with van der Waals surface area (Å²) in [6.07, 6.45) is 97.0. The van der Waals surface area contributed by atoms with Gasteiger partial charge in [-0.1, -0.05) is 560 Å². The van der Waals surface area contributed by atoms with E-state index in [1.807, 2.05) is 4.73 Å². The zero-order chi connectivity index (χ0) is 101. The van der Waals surface area contributed by atoms with Crippen molar-refractivity contribution in [2.24, 2.45) is 0 Å². The third kappa shape index (κ3) is 45.2. The van der Waals surface area contributed by atoms with E-state index in [1.54, 1.807) is 0 Å². The number of ether oxygens (including phenoxy) is 7. The third-order valence-electron chi connectivity index (χ3n) is 30.1. The largest absolute Gasteiger partial charge is 0.490 e. The first-order chi connectivity index (χ1) is 71.4. The first kappa shape index (κ1) is 120. The van der Waals surface area contributed by atoms with Crippen LogP contribution in [0, 0.1) is 0 Å². The normalized spacial score (nSPS) is 11.8. The highest BCUT2D eigenvalue weighted by Crippen LogP contribution is 2.56. The van der Waals surface area contributed by atoms with Crippen molar-refractivity contribution in [1.29, 1.82) is 0 Å². The molecule has 0 atom stereocenters. The van der Waals surface area contributed by atoms with Gasteiger partial charge in [-0.05, 0) is 63.9 Å². The molecule has 0 spiro atoms. The Kier molecular flexibility index (Phi) is 65.8. The van der Waals surface area contributed by atoms with Gasteiger partial charge in [-0.2, -0.15) is 0 Å². The minimum absolute atomic E-state index is 0.411. The van der Waals surface area contributed by atoms with Gasteiger partial charge >= 0.3 is 0 Å². The molecule has 0 amide bonds. The van der Waals surface area contributed by atoms with Gasteiger partial charge in [0, 0.05) is 27.5 Å². The van der Waals surface area contributed by atoms with Crippen molar-refractivity contribution in [2.75, 3.05) is 52.9 Å². The molecule has 0 saturated heterocycles. The standard InChI is InChI=1S/C128H210N8O8/c1-9-17-25-33-41-49-57-65-73-85-97-137-111-105-110-112(116(139-99-87-75-67-59-51-43-35-27-19-11-3)115(111)138-98-86-74-66-58-50-42-34-26-18-10-2)124-131-123(110)135-128-109-96-84-83-95-108(109)127(136(128)144-104-92-80-72-64-56-48-40-32-24-16-8)134-122-107-94-82-81-93-106(107)121(129-122)130-125-113-114(126(132-124)133-125)118(141-101-89-77-69-61-53-45-37-29-21-13-5)120(143-103-91-79-71-63-55-47-39-31-23-15-7)119(142-102-90-78-70-62-54-46-38-30-22-14-6)117(113)140-100-88-76-68-60-52-44-36-28-20-12-4/h81-84,93-96,105H,9-80,85-92,97-104H2,1-8H3,(H,129,130,131,132,133,134,135). The summed E-state index contributed by atoms with van der Waals surface area (Å²) in [5.41, 5.74) is 5.31. The number of fused-ring (bicyclic) bond motifs is 20. The number of nitrogens with one attached hydrogen (secondary N) is 1. The number of hydrogen-bond donors (Lipinski definition) is 1. The van der Waals surface area contributed by atoms with Crippen LogP contribution in [0.1, 0.15) is 569 Å². The summed E-state index contributed by atoms with van der Waals surface area (Å²) in [5, 5.41) is 3.14. The molecule has 9 rings (SSSR count). The van der Waals surface area contributed by atoms with Crippen molar-refractivity contribution < 1.29 is 38.0 Å². The van der Waals surface area contributed by atoms with Crippen molar-refractivity contribution in [2.45, 2.75) is 569 Å². The molecule has 0 saturated carbocycles. The van der Waals surface area contributed by atoms with E-state index in [4.69, 9.17) is 67.9 Å². The number of unbranched alkanes of at least 4 members (excludes halogenated alkanes) is 72. The summed E-state index contributed by atoms with van der Waals surface area (Å²) < 4.78 is 55.2. The van der Waals surface area contributed by atoms with Gasteiger partial charge in [-0.25, -0.2) is 29.9 Å². The molecule has 8 bridgehead atoms. The number of aromatic nitrogens is 8. The number of aromatic amines is 1. The number of benzene rings is 4. The smallest absolute Gasteiger partial charge is 0.208 e. The van der Waals surface area contributed by atoms with E-state index in [2.05, 4.69) is 115 Å². The van der Waals surface area contributed by atoms with E-state index >= 15 is 0 Å². The zero-order valence-corrected chi connectivity index (χ0v) is 93.8. The Hall–Kier alpha value is -7.36. The van der Waals surface area contributed by atoms with Crippen LogP contribution in [0.3, 0.4) is 0 Å². The van der Waals surface area contributed by atoms with Gasteiger partial charge in [0.2, 0.25) is 17.2 Å². The topological polar surface area (TPSA) is 172 Å². The first-order valence-electron chi connectivity index (χ1n) is 61.9. The molecule has 5 heterocycles. The van der Waals surface area contributed by atoms with Crippen LogP contribution in [-0.2, 0) is 0 Å². The van der Waals surface area contributed by atoms with Gasteiger partial charge < -0.3 is 43.0 Å². The minimum atomic E-state index is 0.411. The molecule has 4 aromatic carbocycles. The van der Waals surface area contributed by atoms with E-state index in [9.17, 15) is 0 Å². The van der Waals surface area contributed by atoms with Gasteiger partial charge in [0.1, 0.15) is 17.9 Å². The predicted molar refractivity (Wildman–Crippen MR) is 614 cm³/mol. The van der Waals surface area contributed by atoms with Gasteiger partial charge in [0.05, 0.1) is 62.6 Å². The highest BCUT2D eigenvalue weighted by atomic mass is 16.7. The van der Waals surface area contributed by atoms with E-state index < -0.39 is 0 Å². The summed E-state index contributed by atoms with van der Waals surface area (Å²) >= 11 is 0. The van der Waals surface area contributed by atoms with Crippen LogP contribution in [0.4, 0.5) is 0 Å². The van der Waals surface area contributed by atoms with E-state index in [0.29, 0.717) is 155 Å². The van der Waals surface area contributed by atoms with Crippen LogP contribution in [0.5, 0.6) is 40.2 Å². The molecule has 144 heavy (non-hydrogen) atoms. The Morgan fingerprint density at radius 1 is 0.201 bits per heavy atom. The van der Waals surface area contributed by atoms with Crippen LogP contribution in [0.2, 0.25) is 0 Å². The average Bonchev–Trinajstić information content (AvgIpc) is 1.56. The molecule has 1 N–H and O–H groups in total. The second kappa shape index (κ2) is 78.8. The van der Waals surface area contributed by atoms with Crippen molar-refractivity contribution in [3.05, 3.63) is 54.6 Å². The third-order valence-corrected chi connectivity index (χ3v) is 30.1. The van der Waals surface area contributed by atoms with E-state index in [1.165, 1.54) is 372 Å². The summed E-state index contributed by atoms with van der Waals surface area (Å²) in [6, 6.07) is 19.1. The molecule has 810 valence electrons. The molecule has 2 aliphatic rings. The first-order valence-corrected chi connectivity index (χ1v) is 61.9. The van der Waals surface area contributed by atoms with Crippen LogP contribution < -0.4 is 38.0 Å². The van der Waals surface area contributed by atoms with Gasteiger partial charge in [-0.3, -0.25) is 0 Å².